The highest BCUT2D eigenvalue weighted by molar-refractivity contribution is 5.94. The second-order valence-electron chi connectivity index (χ2n) is 7.15. The summed E-state index contributed by atoms with van der Waals surface area (Å²) < 4.78 is 5.88. The zero-order chi connectivity index (χ0) is 20.1. The van der Waals surface area contributed by atoms with E-state index in [1.807, 2.05) is 41.6 Å². The zero-order valence-electron chi connectivity index (χ0n) is 16.5. The van der Waals surface area contributed by atoms with Crippen LogP contribution in [0.2, 0.25) is 0 Å². The van der Waals surface area contributed by atoms with Gasteiger partial charge in [-0.2, -0.15) is 0 Å². The summed E-state index contributed by atoms with van der Waals surface area (Å²) in [6, 6.07) is 7.68. The number of ether oxygens (including phenoxy) is 1. The Bertz CT molecular complexity index is 974. The number of hydrogen-bond acceptors (Lipinski definition) is 5. The average molecular weight is 388 g/mol. The maximum Gasteiger partial charge on any atom is 0.255 e. The number of rotatable bonds is 6. The molecule has 6 heteroatoms. The number of hydrogen-bond donors (Lipinski definition) is 0. The molecule has 1 aliphatic rings. The quantitative estimate of drug-likeness (QED) is 0.648. The first-order valence-corrected chi connectivity index (χ1v) is 9.90. The molecule has 29 heavy (non-hydrogen) atoms. The molecular weight excluding hydrogens is 364 g/mol. The lowest BCUT2D eigenvalue weighted by atomic mass is 9.97. The number of pyridine rings is 3. The Balaban J connectivity index is 1.41. The van der Waals surface area contributed by atoms with Gasteiger partial charge in [-0.3, -0.25) is 19.7 Å². The van der Waals surface area contributed by atoms with E-state index in [4.69, 9.17) is 4.74 Å². The standard InChI is InChI=1S/C23H24N4O2/c1-2-21-4-3-18(13-26-21)23(28)27-10-7-22-19(14-27)11-25-12-20(22)16-29-15-17-5-8-24-9-6-17/h3-6,8-9,11-13H,2,7,10,14-16H2,1H3. The molecule has 0 saturated carbocycles. The summed E-state index contributed by atoms with van der Waals surface area (Å²) in [4.78, 5) is 27.5. The van der Waals surface area contributed by atoms with Crippen LogP contribution in [0.4, 0.5) is 0 Å². The van der Waals surface area contributed by atoms with Gasteiger partial charge < -0.3 is 9.64 Å². The Kier molecular flexibility index (Phi) is 5.91. The largest absolute Gasteiger partial charge is 0.372 e. The Hall–Kier alpha value is -3.12. The lowest BCUT2D eigenvalue weighted by molar-refractivity contribution is 0.0731. The highest BCUT2D eigenvalue weighted by Gasteiger charge is 2.24. The summed E-state index contributed by atoms with van der Waals surface area (Å²) in [5, 5.41) is 0. The Labute approximate surface area is 170 Å². The fourth-order valence-corrected chi connectivity index (χ4v) is 3.57. The van der Waals surface area contributed by atoms with E-state index >= 15 is 0 Å². The molecule has 4 heterocycles. The molecule has 0 atom stereocenters. The van der Waals surface area contributed by atoms with Gasteiger partial charge in [-0.15, -0.1) is 0 Å². The average Bonchev–Trinajstić information content (AvgIpc) is 2.79. The van der Waals surface area contributed by atoms with Gasteiger partial charge in [0.25, 0.3) is 5.91 Å². The first-order chi connectivity index (χ1) is 14.2. The Morgan fingerprint density at radius 1 is 1.07 bits per heavy atom. The third-order valence-electron chi connectivity index (χ3n) is 5.23. The molecule has 0 spiro atoms. The van der Waals surface area contributed by atoms with Crippen LogP contribution in [0.1, 0.15) is 45.2 Å². The molecule has 1 aliphatic heterocycles. The smallest absolute Gasteiger partial charge is 0.255 e. The van der Waals surface area contributed by atoms with Gasteiger partial charge in [0.05, 0.1) is 18.8 Å². The minimum absolute atomic E-state index is 0.0187. The fraction of sp³-hybridized carbons (Fsp3) is 0.304. The van der Waals surface area contributed by atoms with Gasteiger partial charge in [-0.1, -0.05) is 6.92 Å². The molecule has 0 unspecified atom stereocenters. The van der Waals surface area contributed by atoms with Crippen LogP contribution in [0.5, 0.6) is 0 Å². The van der Waals surface area contributed by atoms with Crippen LogP contribution in [0.3, 0.4) is 0 Å². The maximum absolute atomic E-state index is 12.9. The van der Waals surface area contributed by atoms with Crippen molar-refractivity contribution in [3.05, 3.63) is 88.8 Å². The van der Waals surface area contributed by atoms with Gasteiger partial charge in [0.2, 0.25) is 0 Å². The van der Waals surface area contributed by atoms with Crippen molar-refractivity contribution in [1.29, 1.82) is 0 Å². The highest BCUT2D eigenvalue weighted by Crippen LogP contribution is 2.23. The summed E-state index contributed by atoms with van der Waals surface area (Å²) in [5.74, 6) is 0.0187. The van der Waals surface area contributed by atoms with E-state index in [1.165, 1.54) is 5.56 Å². The maximum atomic E-state index is 12.9. The fourth-order valence-electron chi connectivity index (χ4n) is 3.57. The minimum Gasteiger partial charge on any atom is -0.372 e. The summed E-state index contributed by atoms with van der Waals surface area (Å²) in [6.07, 6.45) is 10.6. The second-order valence-corrected chi connectivity index (χ2v) is 7.15. The first-order valence-electron chi connectivity index (χ1n) is 9.90. The van der Waals surface area contributed by atoms with Crippen molar-refractivity contribution in [2.45, 2.75) is 39.5 Å². The van der Waals surface area contributed by atoms with Crippen molar-refractivity contribution in [3.63, 3.8) is 0 Å². The van der Waals surface area contributed by atoms with Crippen LogP contribution in [-0.2, 0) is 37.3 Å². The van der Waals surface area contributed by atoms with E-state index in [1.54, 1.807) is 18.6 Å². The molecule has 0 N–H and O–H groups in total. The normalized spacial score (nSPS) is 13.2. The number of aryl methyl sites for hydroxylation is 1. The SMILES string of the molecule is CCc1ccc(C(=O)N2CCc3c(COCc4ccncc4)cncc3C2)cn1. The van der Waals surface area contributed by atoms with Gasteiger partial charge in [-0.05, 0) is 59.4 Å². The molecular formula is C23H24N4O2. The Morgan fingerprint density at radius 3 is 2.69 bits per heavy atom. The van der Waals surface area contributed by atoms with Gasteiger partial charge in [0, 0.05) is 49.8 Å². The van der Waals surface area contributed by atoms with E-state index in [0.29, 0.717) is 31.9 Å². The lowest BCUT2D eigenvalue weighted by Gasteiger charge is -2.30. The van der Waals surface area contributed by atoms with Gasteiger partial charge in [0.1, 0.15) is 0 Å². The van der Waals surface area contributed by atoms with Gasteiger partial charge >= 0.3 is 0 Å². The van der Waals surface area contributed by atoms with Crippen LogP contribution in [-0.4, -0.2) is 32.3 Å². The van der Waals surface area contributed by atoms with Crippen LogP contribution in [0, 0.1) is 0 Å². The van der Waals surface area contributed by atoms with Crippen LogP contribution >= 0.6 is 0 Å². The van der Waals surface area contributed by atoms with Gasteiger partial charge in [0.15, 0.2) is 0 Å². The number of amides is 1. The topological polar surface area (TPSA) is 68.2 Å². The van der Waals surface area contributed by atoms with Crippen molar-refractivity contribution in [2.24, 2.45) is 0 Å². The number of fused-ring (bicyclic) bond motifs is 1. The molecule has 4 rings (SSSR count). The van der Waals surface area contributed by atoms with E-state index in [0.717, 1.165) is 35.2 Å². The number of carbonyl (C=O) groups excluding carboxylic acids is 1. The highest BCUT2D eigenvalue weighted by atomic mass is 16.5. The van der Waals surface area contributed by atoms with E-state index in [-0.39, 0.29) is 5.91 Å². The lowest BCUT2D eigenvalue weighted by Crippen LogP contribution is -2.36. The van der Waals surface area contributed by atoms with E-state index < -0.39 is 0 Å². The van der Waals surface area contributed by atoms with Crippen LogP contribution in [0.15, 0.2) is 55.2 Å². The van der Waals surface area contributed by atoms with Crippen LogP contribution in [0.25, 0.3) is 0 Å². The molecule has 0 aliphatic carbocycles. The number of aromatic nitrogens is 3. The van der Waals surface area contributed by atoms with Crippen LogP contribution < -0.4 is 0 Å². The van der Waals surface area contributed by atoms with Gasteiger partial charge in [-0.25, -0.2) is 0 Å². The summed E-state index contributed by atoms with van der Waals surface area (Å²) in [5.41, 5.74) is 6.16. The predicted octanol–water partition coefficient (Wildman–Crippen LogP) is 3.35. The van der Waals surface area contributed by atoms with Crippen molar-refractivity contribution in [2.75, 3.05) is 6.54 Å². The molecule has 3 aromatic rings. The molecule has 0 bridgehead atoms. The third-order valence-corrected chi connectivity index (χ3v) is 5.23. The van der Waals surface area contributed by atoms with Crippen molar-refractivity contribution < 1.29 is 9.53 Å². The molecule has 0 radical (unpaired) electrons. The number of carbonyl (C=O) groups is 1. The molecule has 6 nitrogen and oxygen atoms in total. The molecule has 0 saturated heterocycles. The predicted molar refractivity (Wildman–Crippen MR) is 109 cm³/mol. The van der Waals surface area contributed by atoms with Crippen molar-refractivity contribution >= 4 is 5.91 Å². The summed E-state index contributed by atoms with van der Waals surface area (Å²) in [7, 11) is 0. The molecule has 1 amide bonds. The van der Waals surface area contributed by atoms with Crippen molar-refractivity contribution in [1.82, 2.24) is 19.9 Å². The molecule has 0 fully saturated rings. The van der Waals surface area contributed by atoms with E-state index in [2.05, 4.69) is 21.9 Å². The minimum atomic E-state index is 0.0187. The second kappa shape index (κ2) is 8.92. The number of nitrogens with zero attached hydrogens (tertiary/aromatic N) is 4. The third kappa shape index (κ3) is 4.49. The van der Waals surface area contributed by atoms with Crippen molar-refractivity contribution in [3.8, 4) is 0 Å². The molecule has 148 valence electrons. The summed E-state index contributed by atoms with van der Waals surface area (Å²) >= 11 is 0. The first kappa shape index (κ1) is 19.2. The molecule has 3 aromatic heterocycles. The molecule has 0 aromatic carbocycles. The summed E-state index contributed by atoms with van der Waals surface area (Å²) in [6.45, 7) is 4.35. The Morgan fingerprint density at radius 2 is 1.93 bits per heavy atom. The zero-order valence-corrected chi connectivity index (χ0v) is 16.5. The van der Waals surface area contributed by atoms with E-state index in [9.17, 15) is 4.79 Å². The monoisotopic (exact) mass is 388 g/mol.